The molecule has 3 heteroatoms. The van der Waals surface area contributed by atoms with Gasteiger partial charge in [-0.25, -0.2) is 4.98 Å². The smallest absolute Gasteiger partial charge is 0.100 e. The number of fused-ring (bicyclic) bond motifs is 1. The molecule has 4 rings (SSSR count). The molecule has 0 atom stereocenters. The van der Waals surface area contributed by atoms with E-state index in [1.165, 1.54) is 48.8 Å². The highest BCUT2D eigenvalue weighted by Crippen LogP contribution is 2.23. The quantitative estimate of drug-likeness (QED) is 0.262. The van der Waals surface area contributed by atoms with E-state index in [9.17, 15) is 0 Å². The van der Waals surface area contributed by atoms with Crippen LogP contribution < -0.4 is 5.32 Å². The number of aromatic nitrogens is 2. The van der Waals surface area contributed by atoms with Crippen LogP contribution in [0.1, 0.15) is 69.1 Å². The number of unbranched alkanes of at least 4 members (excludes halogenated alkanes) is 3. The second-order valence-corrected chi connectivity index (χ2v) is 9.05. The summed E-state index contributed by atoms with van der Waals surface area (Å²) in [5, 5.41) is 3.54. The molecule has 0 unspecified atom stereocenters. The summed E-state index contributed by atoms with van der Waals surface area (Å²) < 4.78 is 2.17. The van der Waals surface area contributed by atoms with Crippen molar-refractivity contribution in [3.63, 3.8) is 0 Å². The van der Waals surface area contributed by atoms with Gasteiger partial charge in [-0.2, -0.15) is 0 Å². The van der Waals surface area contributed by atoms with Crippen molar-refractivity contribution in [3.8, 4) is 5.69 Å². The maximum Gasteiger partial charge on any atom is 0.100 e. The molecule has 1 aromatic heterocycles. The Bertz CT molecular complexity index is 1120. The van der Waals surface area contributed by atoms with Gasteiger partial charge in [0.05, 0.1) is 11.0 Å². The van der Waals surface area contributed by atoms with Gasteiger partial charge in [0.2, 0.25) is 0 Å². The van der Waals surface area contributed by atoms with Crippen LogP contribution >= 0.6 is 0 Å². The number of nitrogens with zero attached hydrogens (tertiary/aromatic N) is 2. The zero-order valence-electron chi connectivity index (χ0n) is 19.6. The minimum Gasteiger partial charge on any atom is -0.381 e. The number of hydrogen-bond acceptors (Lipinski definition) is 2. The van der Waals surface area contributed by atoms with Crippen molar-refractivity contribution in [1.29, 1.82) is 0 Å². The molecule has 4 aromatic rings. The van der Waals surface area contributed by atoms with Crippen molar-refractivity contribution >= 4 is 16.7 Å². The number of nitrogens with one attached hydrogen (secondary N) is 1. The van der Waals surface area contributed by atoms with Gasteiger partial charge in [-0.3, -0.25) is 4.57 Å². The SMILES string of the molecule is CCCCCCc1ccc(-n2cnc3cc(NCc4ccc(C(C)C)cc4)ccc32)cc1. The molecule has 0 aliphatic heterocycles. The Morgan fingerprint density at radius 2 is 1.59 bits per heavy atom. The molecule has 0 radical (unpaired) electrons. The minimum atomic E-state index is 0.566. The number of aryl methyl sites for hydroxylation is 1. The van der Waals surface area contributed by atoms with Crippen LogP contribution in [0.4, 0.5) is 5.69 Å². The Kier molecular flexibility index (Phi) is 7.26. The summed E-state index contributed by atoms with van der Waals surface area (Å²) in [4.78, 5) is 4.66. The van der Waals surface area contributed by atoms with E-state index in [4.69, 9.17) is 0 Å². The summed E-state index contributed by atoms with van der Waals surface area (Å²) in [6, 6.07) is 24.2. The topological polar surface area (TPSA) is 29.9 Å². The molecule has 3 nitrogen and oxygen atoms in total. The lowest BCUT2D eigenvalue weighted by molar-refractivity contribution is 0.667. The second-order valence-electron chi connectivity index (χ2n) is 9.05. The van der Waals surface area contributed by atoms with Gasteiger partial charge in [0.15, 0.2) is 0 Å². The fourth-order valence-electron chi connectivity index (χ4n) is 4.13. The summed E-state index contributed by atoms with van der Waals surface area (Å²) in [6.45, 7) is 7.52. The normalized spacial score (nSPS) is 11.4. The van der Waals surface area contributed by atoms with Crippen LogP contribution in [0.2, 0.25) is 0 Å². The summed E-state index contributed by atoms with van der Waals surface area (Å²) in [5.74, 6) is 0.566. The van der Waals surface area contributed by atoms with Crippen LogP contribution in [0.25, 0.3) is 16.7 Å². The molecule has 1 heterocycles. The Balaban J connectivity index is 1.41. The number of benzene rings is 3. The van der Waals surface area contributed by atoms with Gasteiger partial charge in [-0.1, -0.05) is 76.4 Å². The van der Waals surface area contributed by atoms with Gasteiger partial charge < -0.3 is 5.32 Å². The lowest BCUT2D eigenvalue weighted by Crippen LogP contribution is -2.00. The highest BCUT2D eigenvalue weighted by molar-refractivity contribution is 5.81. The van der Waals surface area contributed by atoms with Gasteiger partial charge >= 0.3 is 0 Å². The summed E-state index contributed by atoms with van der Waals surface area (Å²) in [7, 11) is 0. The predicted octanol–water partition coefficient (Wildman–Crippen LogP) is 7.88. The van der Waals surface area contributed by atoms with Gasteiger partial charge in [0.25, 0.3) is 0 Å². The lowest BCUT2D eigenvalue weighted by Gasteiger charge is -2.10. The minimum absolute atomic E-state index is 0.566. The van der Waals surface area contributed by atoms with E-state index in [-0.39, 0.29) is 0 Å². The van der Waals surface area contributed by atoms with E-state index in [0.717, 1.165) is 29.0 Å². The Morgan fingerprint density at radius 3 is 2.31 bits per heavy atom. The molecule has 32 heavy (non-hydrogen) atoms. The molecule has 0 bridgehead atoms. The summed E-state index contributed by atoms with van der Waals surface area (Å²) >= 11 is 0. The van der Waals surface area contributed by atoms with Crippen LogP contribution in [0.3, 0.4) is 0 Å². The Labute approximate surface area is 192 Å². The predicted molar refractivity (Wildman–Crippen MR) is 137 cm³/mol. The fourth-order valence-corrected chi connectivity index (χ4v) is 4.13. The Hall–Kier alpha value is -3.07. The molecule has 1 N–H and O–H groups in total. The maximum absolute atomic E-state index is 4.66. The van der Waals surface area contributed by atoms with Crippen LogP contribution in [0.5, 0.6) is 0 Å². The average molecular weight is 426 g/mol. The van der Waals surface area contributed by atoms with Gasteiger partial charge in [0.1, 0.15) is 6.33 Å². The van der Waals surface area contributed by atoms with E-state index in [2.05, 4.69) is 102 Å². The first-order chi connectivity index (χ1) is 15.6. The van der Waals surface area contributed by atoms with E-state index in [1.54, 1.807) is 0 Å². The summed E-state index contributed by atoms with van der Waals surface area (Å²) in [5.41, 5.74) is 8.48. The van der Waals surface area contributed by atoms with Crippen LogP contribution in [0, 0.1) is 0 Å². The standard InChI is InChI=1S/C29H35N3/c1-4-5-6-7-8-23-11-16-27(17-12-23)32-21-31-28-19-26(15-18-29(28)32)30-20-24-9-13-25(14-10-24)22(2)3/h9-19,21-22,30H,4-8,20H2,1-3H3. The van der Waals surface area contributed by atoms with Gasteiger partial charge in [-0.05, 0) is 65.8 Å². The molecule has 0 fully saturated rings. The van der Waals surface area contributed by atoms with Crippen LogP contribution in [-0.2, 0) is 13.0 Å². The molecule has 0 aliphatic carbocycles. The van der Waals surface area contributed by atoms with Crippen molar-refractivity contribution in [1.82, 2.24) is 9.55 Å². The van der Waals surface area contributed by atoms with Crippen molar-refractivity contribution in [3.05, 3.63) is 89.7 Å². The van der Waals surface area contributed by atoms with Crippen LogP contribution in [0.15, 0.2) is 73.1 Å². The lowest BCUT2D eigenvalue weighted by atomic mass is 10.0. The number of imidazole rings is 1. The molecule has 0 amide bonds. The number of rotatable bonds is 10. The van der Waals surface area contributed by atoms with Crippen LogP contribution in [-0.4, -0.2) is 9.55 Å². The van der Waals surface area contributed by atoms with Crippen molar-refractivity contribution in [2.24, 2.45) is 0 Å². The third-order valence-electron chi connectivity index (χ3n) is 6.22. The van der Waals surface area contributed by atoms with E-state index in [0.29, 0.717) is 5.92 Å². The van der Waals surface area contributed by atoms with Crippen molar-refractivity contribution in [2.75, 3.05) is 5.32 Å². The van der Waals surface area contributed by atoms with Crippen molar-refractivity contribution in [2.45, 2.75) is 65.3 Å². The highest BCUT2D eigenvalue weighted by Gasteiger charge is 2.06. The second kappa shape index (κ2) is 10.5. The first-order valence-corrected chi connectivity index (χ1v) is 12.0. The fraction of sp³-hybridized carbons (Fsp3) is 0.345. The molecule has 0 saturated heterocycles. The molecular weight excluding hydrogens is 390 g/mol. The average Bonchev–Trinajstić information content (AvgIpc) is 3.24. The first-order valence-electron chi connectivity index (χ1n) is 12.0. The van der Waals surface area contributed by atoms with E-state index >= 15 is 0 Å². The zero-order valence-corrected chi connectivity index (χ0v) is 19.6. The maximum atomic E-state index is 4.66. The van der Waals surface area contributed by atoms with Gasteiger partial charge in [0, 0.05) is 17.9 Å². The zero-order chi connectivity index (χ0) is 22.3. The molecule has 0 saturated carbocycles. The van der Waals surface area contributed by atoms with E-state index < -0.39 is 0 Å². The van der Waals surface area contributed by atoms with E-state index in [1.807, 2.05) is 6.33 Å². The summed E-state index contributed by atoms with van der Waals surface area (Å²) in [6.07, 6.45) is 8.31. The third-order valence-corrected chi connectivity index (χ3v) is 6.22. The third kappa shape index (κ3) is 5.40. The monoisotopic (exact) mass is 425 g/mol. The molecule has 166 valence electrons. The van der Waals surface area contributed by atoms with Crippen molar-refractivity contribution < 1.29 is 0 Å². The molecule has 3 aromatic carbocycles. The highest BCUT2D eigenvalue weighted by atomic mass is 15.0. The number of hydrogen-bond donors (Lipinski definition) is 1. The molecule has 0 aliphatic rings. The first kappa shape index (κ1) is 22.1. The number of anilines is 1. The largest absolute Gasteiger partial charge is 0.381 e. The Morgan fingerprint density at radius 1 is 0.844 bits per heavy atom. The van der Waals surface area contributed by atoms with Gasteiger partial charge in [-0.15, -0.1) is 0 Å². The molecular formula is C29H35N3. The molecule has 0 spiro atoms.